The van der Waals surface area contributed by atoms with E-state index in [1.807, 2.05) is 6.07 Å². The number of nitrogens with one attached hydrogen (secondary N) is 3. The topological polar surface area (TPSA) is 69.1 Å². The monoisotopic (exact) mass is 368 g/mol. The average Bonchev–Trinajstić information content (AvgIpc) is 3.02. The molecule has 130 valence electrons. The van der Waals surface area contributed by atoms with E-state index < -0.39 is 12.4 Å². The van der Waals surface area contributed by atoms with Crippen molar-refractivity contribution in [3.63, 3.8) is 0 Å². The van der Waals surface area contributed by atoms with Gasteiger partial charge in [-0.3, -0.25) is 0 Å². The van der Waals surface area contributed by atoms with Gasteiger partial charge in [-0.2, -0.15) is 10.8 Å². The average molecular weight is 369 g/mol. The lowest BCUT2D eigenvalue weighted by Crippen LogP contribution is -2.32. The zero-order chi connectivity index (χ0) is 18.0. The van der Waals surface area contributed by atoms with Gasteiger partial charge in [0.2, 0.25) is 0 Å². The molecule has 0 bridgehead atoms. The second-order valence-corrected chi connectivity index (χ2v) is 5.78. The van der Waals surface area contributed by atoms with Crippen LogP contribution in [0.25, 0.3) is 11.1 Å². The molecule has 0 spiro atoms. The van der Waals surface area contributed by atoms with Crippen molar-refractivity contribution in [2.75, 3.05) is 0 Å². The van der Waals surface area contributed by atoms with E-state index in [4.69, 9.17) is 16.9 Å². The smallest absolute Gasteiger partial charge is 0.406 e. The van der Waals surface area contributed by atoms with Crippen LogP contribution in [0.15, 0.2) is 42.5 Å². The maximum Gasteiger partial charge on any atom is 0.573 e. The predicted octanol–water partition coefficient (Wildman–Crippen LogP) is 3.45. The van der Waals surface area contributed by atoms with Gasteiger partial charge in [0.15, 0.2) is 0 Å². The van der Waals surface area contributed by atoms with Gasteiger partial charge in [-0.05, 0) is 47.0 Å². The summed E-state index contributed by atoms with van der Waals surface area (Å²) in [6, 6.07) is 12.0. The Labute approximate surface area is 146 Å². The van der Waals surface area contributed by atoms with E-state index in [0.717, 1.165) is 5.56 Å². The number of benzene rings is 2. The first-order valence-corrected chi connectivity index (χ1v) is 7.56. The predicted molar refractivity (Wildman–Crippen MR) is 85.1 cm³/mol. The number of rotatable bonds is 3. The molecule has 1 heterocycles. The van der Waals surface area contributed by atoms with Gasteiger partial charge in [0.05, 0.1) is 12.1 Å². The van der Waals surface area contributed by atoms with Crippen LogP contribution in [0, 0.1) is 11.3 Å². The molecule has 3 N–H and O–H groups in total. The molecule has 0 aliphatic carbocycles. The number of nitriles is 1. The summed E-state index contributed by atoms with van der Waals surface area (Å²) in [6.45, 7) is 0. The van der Waals surface area contributed by atoms with Crippen LogP contribution in [-0.2, 0) is 0 Å². The fourth-order valence-electron chi connectivity index (χ4n) is 2.55. The van der Waals surface area contributed by atoms with Crippen LogP contribution in [-0.4, -0.2) is 12.4 Å². The normalized spacial score (nSPS) is 20.3. The Balaban J connectivity index is 1.89. The fourth-order valence-corrected chi connectivity index (χ4v) is 2.80. The highest BCUT2D eigenvalue weighted by atomic mass is 35.5. The van der Waals surface area contributed by atoms with Gasteiger partial charge in [0.1, 0.15) is 11.8 Å². The van der Waals surface area contributed by atoms with Crippen molar-refractivity contribution in [2.45, 2.75) is 18.4 Å². The van der Waals surface area contributed by atoms with Crippen LogP contribution >= 0.6 is 11.6 Å². The number of halogens is 4. The lowest BCUT2D eigenvalue weighted by Gasteiger charge is -2.15. The van der Waals surface area contributed by atoms with Crippen LogP contribution in [0.3, 0.4) is 0 Å². The van der Waals surface area contributed by atoms with E-state index in [1.54, 1.807) is 12.1 Å². The minimum Gasteiger partial charge on any atom is -0.406 e. The highest BCUT2D eigenvalue weighted by Gasteiger charge is 2.31. The molecule has 1 aliphatic rings. The lowest BCUT2D eigenvalue weighted by molar-refractivity contribution is -0.274. The Kier molecular flexibility index (Phi) is 4.83. The summed E-state index contributed by atoms with van der Waals surface area (Å²) in [5.41, 5.74) is 10.5. The van der Waals surface area contributed by atoms with Gasteiger partial charge in [-0.15, -0.1) is 13.2 Å². The third-order valence-electron chi connectivity index (χ3n) is 3.63. The number of alkyl halides is 3. The molecule has 2 aromatic rings. The molecular weight excluding hydrogens is 357 g/mol. The van der Waals surface area contributed by atoms with Crippen LogP contribution in [0.2, 0.25) is 5.02 Å². The third-order valence-corrected chi connectivity index (χ3v) is 3.85. The molecule has 5 nitrogen and oxygen atoms in total. The van der Waals surface area contributed by atoms with Crippen molar-refractivity contribution in [3.8, 4) is 22.9 Å². The minimum absolute atomic E-state index is 0.297. The highest BCUT2D eigenvalue weighted by molar-refractivity contribution is 6.31. The first kappa shape index (κ1) is 17.5. The first-order valence-electron chi connectivity index (χ1n) is 7.18. The largest absolute Gasteiger partial charge is 0.573 e. The molecule has 9 heteroatoms. The fraction of sp³-hybridized carbons (Fsp3) is 0.188. The maximum atomic E-state index is 12.2. The van der Waals surface area contributed by atoms with Gasteiger partial charge in [0.25, 0.3) is 0 Å². The minimum atomic E-state index is -4.73. The van der Waals surface area contributed by atoms with Gasteiger partial charge in [0, 0.05) is 5.02 Å². The standard InChI is InChI=1S/C16H12ClF3N4O/c17-12-6-10(5-11(7-12)15-14(8-21)22-24-23-15)9-1-3-13(4-2-9)25-16(18,19)20/h1-7,14-15,22-24H. The number of hydrogen-bond donors (Lipinski definition) is 3. The zero-order valence-electron chi connectivity index (χ0n) is 12.6. The molecule has 0 aromatic heterocycles. The summed E-state index contributed by atoms with van der Waals surface area (Å²) in [5.74, 6) is -0.297. The van der Waals surface area contributed by atoms with Crippen molar-refractivity contribution < 1.29 is 17.9 Å². The van der Waals surface area contributed by atoms with Gasteiger partial charge < -0.3 is 4.74 Å². The Morgan fingerprint density at radius 3 is 2.40 bits per heavy atom. The van der Waals surface area contributed by atoms with E-state index in [9.17, 15) is 13.2 Å². The molecule has 2 unspecified atom stereocenters. The Hall–Kier alpha value is -2.31. The van der Waals surface area contributed by atoms with Crippen LogP contribution in [0.1, 0.15) is 11.6 Å². The summed E-state index contributed by atoms with van der Waals surface area (Å²) >= 11 is 6.16. The van der Waals surface area contributed by atoms with Crippen molar-refractivity contribution in [2.24, 2.45) is 0 Å². The molecule has 0 amide bonds. The summed E-state index contributed by atoms with van der Waals surface area (Å²) in [5, 5.41) is 9.60. The van der Waals surface area contributed by atoms with E-state index in [-0.39, 0.29) is 11.8 Å². The van der Waals surface area contributed by atoms with Crippen molar-refractivity contribution in [3.05, 3.63) is 53.1 Å². The quantitative estimate of drug-likeness (QED) is 0.774. The second-order valence-electron chi connectivity index (χ2n) is 5.34. The molecule has 0 saturated carbocycles. The van der Waals surface area contributed by atoms with Crippen LogP contribution in [0.5, 0.6) is 5.75 Å². The van der Waals surface area contributed by atoms with Gasteiger partial charge >= 0.3 is 6.36 Å². The van der Waals surface area contributed by atoms with E-state index in [1.165, 1.54) is 24.3 Å². The summed E-state index contributed by atoms with van der Waals surface area (Å²) in [4.78, 5) is 0. The number of ether oxygens (including phenoxy) is 1. The molecule has 2 atom stereocenters. The highest BCUT2D eigenvalue weighted by Crippen LogP contribution is 2.31. The summed E-state index contributed by atoms with van der Waals surface area (Å²) < 4.78 is 40.5. The van der Waals surface area contributed by atoms with Crippen molar-refractivity contribution >= 4 is 11.6 Å². The molecule has 1 saturated heterocycles. The molecule has 2 aromatic carbocycles. The molecule has 1 aliphatic heterocycles. The maximum absolute atomic E-state index is 12.2. The van der Waals surface area contributed by atoms with E-state index in [2.05, 4.69) is 27.2 Å². The van der Waals surface area contributed by atoms with E-state index >= 15 is 0 Å². The Morgan fingerprint density at radius 2 is 1.76 bits per heavy atom. The second kappa shape index (κ2) is 6.90. The van der Waals surface area contributed by atoms with Crippen LogP contribution < -0.4 is 21.1 Å². The van der Waals surface area contributed by atoms with Crippen molar-refractivity contribution in [1.29, 1.82) is 5.26 Å². The SMILES string of the molecule is N#CC1NNNC1c1cc(Cl)cc(-c2ccc(OC(F)(F)F)cc2)c1. The molecule has 3 rings (SSSR count). The molecule has 25 heavy (non-hydrogen) atoms. The lowest BCUT2D eigenvalue weighted by atomic mass is 9.96. The zero-order valence-corrected chi connectivity index (χ0v) is 13.3. The third kappa shape index (κ3) is 4.21. The molecular formula is C16H12ClF3N4O. The number of nitrogens with zero attached hydrogens (tertiary/aromatic N) is 1. The Bertz CT molecular complexity index is 805. The van der Waals surface area contributed by atoms with Crippen LogP contribution in [0.4, 0.5) is 13.2 Å². The molecule has 1 fully saturated rings. The molecule has 0 radical (unpaired) electrons. The first-order chi connectivity index (χ1) is 11.9. The van der Waals surface area contributed by atoms with Gasteiger partial charge in [-0.1, -0.05) is 23.7 Å². The number of hydrogen-bond acceptors (Lipinski definition) is 5. The summed E-state index contributed by atoms with van der Waals surface area (Å²) in [6.07, 6.45) is -4.73. The van der Waals surface area contributed by atoms with E-state index in [0.29, 0.717) is 16.1 Å². The summed E-state index contributed by atoms with van der Waals surface area (Å²) in [7, 11) is 0. The van der Waals surface area contributed by atoms with Crippen molar-refractivity contribution in [1.82, 2.24) is 16.4 Å². The number of hydrazine groups is 2. The van der Waals surface area contributed by atoms with Gasteiger partial charge in [-0.25, -0.2) is 10.9 Å². The Morgan fingerprint density at radius 1 is 1.04 bits per heavy atom.